The standard InChI is InChI=1S/C16H25N3O2/c1-16(2,3)21-15(20)18(4)13-10-14(12-17-11-13)19-8-6-5-7-9-19/h10-12H,5-9H2,1-4H3. The molecule has 0 bridgehead atoms. The van der Waals surface area contributed by atoms with E-state index in [1.165, 1.54) is 24.2 Å². The van der Waals surface area contributed by atoms with E-state index in [1.807, 2.05) is 33.0 Å². The third-order valence-electron chi connectivity index (χ3n) is 3.49. The average Bonchev–Trinajstić information content (AvgIpc) is 2.46. The Kier molecular flexibility index (Phi) is 4.70. The van der Waals surface area contributed by atoms with E-state index in [9.17, 15) is 4.79 Å². The SMILES string of the molecule is CN(C(=O)OC(C)(C)C)c1cncc(N2CCCCC2)c1. The minimum Gasteiger partial charge on any atom is -0.443 e. The molecule has 1 saturated heterocycles. The monoisotopic (exact) mass is 291 g/mol. The number of pyridine rings is 1. The van der Waals surface area contributed by atoms with Gasteiger partial charge < -0.3 is 9.64 Å². The first-order chi connectivity index (χ1) is 9.87. The molecule has 5 nitrogen and oxygen atoms in total. The van der Waals surface area contributed by atoms with Crippen molar-refractivity contribution in [2.45, 2.75) is 45.6 Å². The zero-order valence-electron chi connectivity index (χ0n) is 13.4. The zero-order valence-corrected chi connectivity index (χ0v) is 13.4. The van der Waals surface area contributed by atoms with E-state index < -0.39 is 5.60 Å². The van der Waals surface area contributed by atoms with E-state index in [2.05, 4.69) is 9.88 Å². The van der Waals surface area contributed by atoms with Gasteiger partial charge in [0.15, 0.2) is 0 Å². The number of aromatic nitrogens is 1. The highest BCUT2D eigenvalue weighted by Crippen LogP contribution is 2.24. The average molecular weight is 291 g/mol. The number of amides is 1. The minimum absolute atomic E-state index is 0.361. The Balaban J connectivity index is 2.10. The Bertz CT molecular complexity index is 491. The highest BCUT2D eigenvalue weighted by molar-refractivity contribution is 5.87. The summed E-state index contributed by atoms with van der Waals surface area (Å²) in [6, 6.07) is 2.00. The fraction of sp³-hybridized carbons (Fsp3) is 0.625. The van der Waals surface area contributed by atoms with Crippen LogP contribution in [0.5, 0.6) is 0 Å². The van der Waals surface area contributed by atoms with Gasteiger partial charge in [0.1, 0.15) is 5.60 Å². The molecule has 2 rings (SSSR count). The number of piperidine rings is 1. The van der Waals surface area contributed by atoms with Crippen LogP contribution in [0.3, 0.4) is 0 Å². The highest BCUT2D eigenvalue weighted by atomic mass is 16.6. The maximum Gasteiger partial charge on any atom is 0.414 e. The Morgan fingerprint density at radius 3 is 2.52 bits per heavy atom. The van der Waals surface area contributed by atoms with Crippen LogP contribution in [0, 0.1) is 0 Å². The normalized spacial score (nSPS) is 15.7. The van der Waals surface area contributed by atoms with Crippen molar-refractivity contribution in [1.82, 2.24) is 4.98 Å². The van der Waals surface area contributed by atoms with Crippen molar-refractivity contribution in [3.8, 4) is 0 Å². The minimum atomic E-state index is -0.497. The topological polar surface area (TPSA) is 45.7 Å². The molecule has 0 saturated carbocycles. The van der Waals surface area contributed by atoms with Gasteiger partial charge in [0.05, 0.1) is 23.8 Å². The Morgan fingerprint density at radius 2 is 1.90 bits per heavy atom. The molecule has 0 atom stereocenters. The van der Waals surface area contributed by atoms with Gasteiger partial charge in [0, 0.05) is 20.1 Å². The fourth-order valence-electron chi connectivity index (χ4n) is 2.36. The number of rotatable bonds is 2. The van der Waals surface area contributed by atoms with Crippen molar-refractivity contribution in [2.75, 3.05) is 29.9 Å². The lowest BCUT2D eigenvalue weighted by molar-refractivity contribution is 0.0589. The second kappa shape index (κ2) is 6.33. The molecular weight excluding hydrogens is 266 g/mol. The van der Waals surface area contributed by atoms with Crippen molar-refractivity contribution in [1.29, 1.82) is 0 Å². The molecule has 1 aromatic rings. The molecule has 1 fully saturated rings. The quantitative estimate of drug-likeness (QED) is 0.837. The molecule has 2 heterocycles. The lowest BCUT2D eigenvalue weighted by atomic mass is 10.1. The second-order valence-corrected chi connectivity index (χ2v) is 6.49. The van der Waals surface area contributed by atoms with Crippen LogP contribution in [0.4, 0.5) is 16.2 Å². The number of anilines is 2. The van der Waals surface area contributed by atoms with Crippen molar-refractivity contribution >= 4 is 17.5 Å². The molecule has 0 spiro atoms. The summed E-state index contributed by atoms with van der Waals surface area (Å²) < 4.78 is 5.38. The van der Waals surface area contributed by atoms with E-state index in [0.717, 1.165) is 24.5 Å². The number of carbonyl (C=O) groups is 1. The summed E-state index contributed by atoms with van der Waals surface area (Å²) in [6.07, 6.45) is 6.91. The number of hydrogen-bond acceptors (Lipinski definition) is 4. The molecule has 0 aromatic carbocycles. The van der Waals surface area contributed by atoms with E-state index in [0.29, 0.717) is 0 Å². The van der Waals surface area contributed by atoms with Gasteiger partial charge in [-0.05, 0) is 46.1 Å². The summed E-state index contributed by atoms with van der Waals surface area (Å²) >= 11 is 0. The van der Waals surface area contributed by atoms with Crippen molar-refractivity contribution < 1.29 is 9.53 Å². The summed E-state index contributed by atoms with van der Waals surface area (Å²) in [4.78, 5) is 20.2. The van der Waals surface area contributed by atoms with E-state index in [-0.39, 0.29) is 6.09 Å². The highest BCUT2D eigenvalue weighted by Gasteiger charge is 2.21. The van der Waals surface area contributed by atoms with Crippen LogP contribution in [-0.2, 0) is 4.74 Å². The van der Waals surface area contributed by atoms with Crippen LogP contribution in [0.1, 0.15) is 40.0 Å². The van der Waals surface area contributed by atoms with Crippen molar-refractivity contribution in [3.05, 3.63) is 18.5 Å². The first kappa shape index (κ1) is 15.6. The summed E-state index contributed by atoms with van der Waals surface area (Å²) in [5, 5.41) is 0. The molecule has 0 N–H and O–H groups in total. The van der Waals surface area contributed by atoms with Crippen molar-refractivity contribution in [2.24, 2.45) is 0 Å². The first-order valence-electron chi connectivity index (χ1n) is 7.53. The van der Waals surface area contributed by atoms with Crippen LogP contribution < -0.4 is 9.80 Å². The lowest BCUT2D eigenvalue weighted by Crippen LogP contribution is -2.34. The molecule has 5 heteroatoms. The number of nitrogens with zero attached hydrogens (tertiary/aromatic N) is 3. The molecule has 1 amide bonds. The maximum atomic E-state index is 12.1. The lowest BCUT2D eigenvalue weighted by Gasteiger charge is -2.29. The molecule has 0 unspecified atom stereocenters. The van der Waals surface area contributed by atoms with Crippen LogP contribution >= 0.6 is 0 Å². The fourth-order valence-corrected chi connectivity index (χ4v) is 2.36. The predicted molar refractivity (Wildman–Crippen MR) is 84.9 cm³/mol. The number of carbonyl (C=O) groups excluding carboxylic acids is 1. The van der Waals surface area contributed by atoms with Crippen LogP contribution in [-0.4, -0.2) is 36.8 Å². The summed E-state index contributed by atoms with van der Waals surface area (Å²) in [6.45, 7) is 7.70. The van der Waals surface area contributed by atoms with Gasteiger partial charge in [-0.15, -0.1) is 0 Å². The van der Waals surface area contributed by atoms with Gasteiger partial charge in [0.2, 0.25) is 0 Å². The van der Waals surface area contributed by atoms with Crippen LogP contribution in [0.15, 0.2) is 18.5 Å². The summed E-state index contributed by atoms with van der Waals surface area (Å²) in [5.41, 5.74) is 1.33. The van der Waals surface area contributed by atoms with Gasteiger partial charge in [-0.3, -0.25) is 9.88 Å². The maximum absolute atomic E-state index is 12.1. The van der Waals surface area contributed by atoms with Gasteiger partial charge in [-0.25, -0.2) is 4.79 Å². The van der Waals surface area contributed by atoms with Crippen LogP contribution in [0.2, 0.25) is 0 Å². The molecule has 1 aliphatic heterocycles. The molecule has 1 aromatic heterocycles. The first-order valence-corrected chi connectivity index (χ1v) is 7.53. The zero-order chi connectivity index (χ0) is 15.5. The second-order valence-electron chi connectivity index (χ2n) is 6.49. The number of ether oxygens (including phenoxy) is 1. The van der Waals surface area contributed by atoms with Crippen molar-refractivity contribution in [3.63, 3.8) is 0 Å². The van der Waals surface area contributed by atoms with Gasteiger partial charge in [0.25, 0.3) is 0 Å². The Hall–Kier alpha value is -1.78. The van der Waals surface area contributed by atoms with Crippen LogP contribution in [0.25, 0.3) is 0 Å². The number of hydrogen-bond donors (Lipinski definition) is 0. The van der Waals surface area contributed by atoms with Gasteiger partial charge in [-0.1, -0.05) is 0 Å². The summed E-state index contributed by atoms with van der Waals surface area (Å²) in [7, 11) is 1.71. The van der Waals surface area contributed by atoms with E-state index in [1.54, 1.807) is 13.2 Å². The summed E-state index contributed by atoms with van der Waals surface area (Å²) in [5.74, 6) is 0. The molecule has 1 aliphatic rings. The third-order valence-corrected chi connectivity index (χ3v) is 3.49. The molecular formula is C16H25N3O2. The molecule has 0 aliphatic carbocycles. The largest absolute Gasteiger partial charge is 0.443 e. The molecule has 21 heavy (non-hydrogen) atoms. The Labute approximate surface area is 126 Å². The van der Waals surface area contributed by atoms with E-state index >= 15 is 0 Å². The van der Waals surface area contributed by atoms with Gasteiger partial charge >= 0.3 is 6.09 Å². The van der Waals surface area contributed by atoms with E-state index in [4.69, 9.17) is 4.74 Å². The third kappa shape index (κ3) is 4.34. The predicted octanol–water partition coefficient (Wildman–Crippen LogP) is 3.44. The smallest absolute Gasteiger partial charge is 0.414 e. The molecule has 0 radical (unpaired) electrons. The molecule has 116 valence electrons. The Morgan fingerprint density at radius 1 is 1.24 bits per heavy atom. The van der Waals surface area contributed by atoms with Gasteiger partial charge in [-0.2, -0.15) is 0 Å².